The van der Waals surface area contributed by atoms with Crippen LogP contribution < -0.4 is 9.64 Å². The molecule has 0 amide bonds. The quantitative estimate of drug-likeness (QED) is 0.163. The van der Waals surface area contributed by atoms with E-state index in [-0.39, 0.29) is 5.57 Å². The predicted octanol–water partition coefficient (Wildman–Crippen LogP) is 8.81. The SMILES string of the molecule is CCCCCCCCCCOc1ccc(N=Nc2ccc(N3C=CC(=C(C#N)C#N)C=C3)cc2)cc1. The molecule has 0 radical (unpaired) electrons. The van der Waals surface area contributed by atoms with Crippen molar-refractivity contribution in [2.45, 2.75) is 58.3 Å². The second-order valence-electron chi connectivity index (χ2n) is 8.63. The molecule has 3 rings (SSSR count). The molecule has 0 unspecified atom stereocenters. The van der Waals surface area contributed by atoms with E-state index >= 15 is 0 Å². The van der Waals surface area contributed by atoms with Gasteiger partial charge in [0.2, 0.25) is 0 Å². The van der Waals surface area contributed by atoms with E-state index in [2.05, 4.69) is 17.2 Å². The summed E-state index contributed by atoms with van der Waals surface area (Å²) in [5, 5.41) is 26.6. The monoisotopic (exact) mass is 479 g/mol. The predicted molar refractivity (Wildman–Crippen MR) is 144 cm³/mol. The molecule has 0 saturated carbocycles. The van der Waals surface area contributed by atoms with Crippen LogP contribution in [-0.2, 0) is 0 Å². The van der Waals surface area contributed by atoms with Crippen LogP contribution in [0.25, 0.3) is 0 Å². The fraction of sp³-hybridized carbons (Fsp3) is 0.333. The normalized spacial score (nSPS) is 12.5. The van der Waals surface area contributed by atoms with Crippen LogP contribution in [0.4, 0.5) is 17.1 Å². The van der Waals surface area contributed by atoms with Gasteiger partial charge in [0.15, 0.2) is 0 Å². The Morgan fingerprint density at radius 2 is 1.28 bits per heavy atom. The Hall–Kier alpha value is -4.16. The van der Waals surface area contributed by atoms with Gasteiger partial charge in [0.1, 0.15) is 23.5 Å². The van der Waals surface area contributed by atoms with E-state index in [4.69, 9.17) is 15.3 Å². The topological polar surface area (TPSA) is 84.8 Å². The third kappa shape index (κ3) is 8.56. The van der Waals surface area contributed by atoms with Crippen LogP contribution in [-0.4, -0.2) is 6.61 Å². The zero-order valence-corrected chi connectivity index (χ0v) is 20.9. The zero-order valence-electron chi connectivity index (χ0n) is 20.9. The van der Waals surface area contributed by atoms with Gasteiger partial charge in [-0.3, -0.25) is 0 Å². The Morgan fingerprint density at radius 1 is 0.750 bits per heavy atom. The van der Waals surface area contributed by atoms with Crippen LogP contribution in [0.2, 0.25) is 0 Å². The summed E-state index contributed by atoms with van der Waals surface area (Å²) >= 11 is 0. The van der Waals surface area contributed by atoms with E-state index in [1.807, 2.05) is 78.0 Å². The number of hydrogen-bond donors (Lipinski definition) is 0. The maximum absolute atomic E-state index is 8.99. The van der Waals surface area contributed by atoms with Crippen LogP contribution in [0.15, 0.2) is 94.5 Å². The van der Waals surface area contributed by atoms with Crippen LogP contribution in [0.5, 0.6) is 5.75 Å². The molecule has 1 aliphatic rings. The molecule has 0 aliphatic carbocycles. The number of nitriles is 2. The molecule has 0 bridgehead atoms. The van der Waals surface area contributed by atoms with Crippen molar-refractivity contribution in [2.75, 3.05) is 11.5 Å². The molecule has 6 heteroatoms. The lowest BCUT2D eigenvalue weighted by Gasteiger charge is -2.18. The van der Waals surface area contributed by atoms with Crippen molar-refractivity contribution in [3.05, 3.63) is 84.2 Å². The van der Waals surface area contributed by atoms with E-state index in [0.29, 0.717) is 5.57 Å². The third-order valence-corrected chi connectivity index (χ3v) is 5.87. The van der Waals surface area contributed by atoms with Gasteiger partial charge in [0, 0.05) is 23.7 Å². The standard InChI is InChI=1S/C30H33N5O/c1-2-3-4-5-6-7-8-9-22-36-30-16-12-28(13-17-30)34-33-27-10-14-29(15-11-27)35-20-18-25(19-21-35)26(23-31)24-32/h10-21H,2-9,22H2,1H3. The molecule has 0 spiro atoms. The minimum Gasteiger partial charge on any atom is -0.494 e. The average molecular weight is 480 g/mol. The first-order chi connectivity index (χ1) is 17.7. The van der Waals surface area contributed by atoms with Crippen LogP contribution in [0.3, 0.4) is 0 Å². The highest BCUT2D eigenvalue weighted by atomic mass is 16.5. The first-order valence-electron chi connectivity index (χ1n) is 12.7. The molecule has 184 valence electrons. The lowest BCUT2D eigenvalue weighted by molar-refractivity contribution is 0.304. The first kappa shape index (κ1) is 26.4. The first-order valence-corrected chi connectivity index (χ1v) is 12.7. The number of allylic oxidation sites excluding steroid dienone is 4. The molecule has 0 N–H and O–H groups in total. The van der Waals surface area contributed by atoms with Crippen molar-refractivity contribution in [3.8, 4) is 17.9 Å². The summed E-state index contributed by atoms with van der Waals surface area (Å²) in [6, 6.07) is 19.2. The highest BCUT2D eigenvalue weighted by Crippen LogP contribution is 2.26. The second kappa shape index (κ2) is 15.0. The van der Waals surface area contributed by atoms with E-state index < -0.39 is 0 Å². The van der Waals surface area contributed by atoms with Gasteiger partial charge in [-0.2, -0.15) is 20.8 Å². The number of azo groups is 1. The lowest BCUT2D eigenvalue weighted by atomic mass is 10.1. The summed E-state index contributed by atoms with van der Waals surface area (Å²) < 4.78 is 5.85. The van der Waals surface area contributed by atoms with Gasteiger partial charge in [0.05, 0.1) is 18.0 Å². The third-order valence-electron chi connectivity index (χ3n) is 5.87. The van der Waals surface area contributed by atoms with Crippen molar-refractivity contribution in [3.63, 3.8) is 0 Å². The fourth-order valence-electron chi connectivity index (χ4n) is 3.76. The van der Waals surface area contributed by atoms with Gasteiger partial charge in [-0.25, -0.2) is 0 Å². The minimum absolute atomic E-state index is 0.0982. The van der Waals surface area contributed by atoms with Gasteiger partial charge in [-0.1, -0.05) is 51.9 Å². The van der Waals surface area contributed by atoms with Gasteiger partial charge in [-0.05, 0) is 67.1 Å². The van der Waals surface area contributed by atoms with E-state index in [9.17, 15) is 0 Å². The maximum atomic E-state index is 8.99. The summed E-state index contributed by atoms with van der Waals surface area (Å²) in [5.74, 6) is 0.860. The number of hydrogen-bond acceptors (Lipinski definition) is 6. The Labute approximate surface area is 214 Å². The van der Waals surface area contributed by atoms with Crippen LogP contribution in [0, 0.1) is 22.7 Å². The largest absolute Gasteiger partial charge is 0.494 e. The van der Waals surface area contributed by atoms with Gasteiger partial charge in [0.25, 0.3) is 0 Å². The molecule has 0 saturated heterocycles. The number of unbranched alkanes of at least 4 members (excludes halogenated alkanes) is 7. The smallest absolute Gasteiger partial charge is 0.136 e. The molecule has 36 heavy (non-hydrogen) atoms. The molecule has 0 aromatic heterocycles. The Balaban J connectivity index is 1.42. The highest BCUT2D eigenvalue weighted by molar-refractivity contribution is 5.61. The van der Waals surface area contributed by atoms with Crippen molar-refractivity contribution in [1.29, 1.82) is 10.5 Å². The number of nitrogens with zero attached hydrogens (tertiary/aromatic N) is 5. The molecular formula is C30H33N5O. The highest BCUT2D eigenvalue weighted by Gasteiger charge is 2.07. The van der Waals surface area contributed by atoms with Gasteiger partial charge >= 0.3 is 0 Å². The maximum Gasteiger partial charge on any atom is 0.136 e. The Kier molecular flexibility index (Phi) is 11.0. The summed E-state index contributed by atoms with van der Waals surface area (Å²) in [5.41, 5.74) is 3.15. The Bertz CT molecular complexity index is 1130. The van der Waals surface area contributed by atoms with Crippen LogP contribution in [0.1, 0.15) is 58.3 Å². The molecule has 1 heterocycles. The Morgan fingerprint density at radius 3 is 1.83 bits per heavy atom. The van der Waals surface area contributed by atoms with Gasteiger partial charge < -0.3 is 9.64 Å². The van der Waals surface area contributed by atoms with E-state index in [1.165, 1.54) is 44.9 Å². The molecule has 0 fully saturated rings. The summed E-state index contributed by atoms with van der Waals surface area (Å²) in [4.78, 5) is 1.91. The van der Waals surface area contributed by atoms with E-state index in [1.54, 1.807) is 12.2 Å². The zero-order chi connectivity index (χ0) is 25.4. The number of anilines is 1. The summed E-state index contributed by atoms with van der Waals surface area (Å²) in [6.45, 7) is 3.00. The number of benzene rings is 2. The van der Waals surface area contributed by atoms with Crippen LogP contribution >= 0.6 is 0 Å². The molecular weight excluding hydrogens is 446 g/mol. The van der Waals surface area contributed by atoms with Crippen molar-refractivity contribution >= 4 is 17.1 Å². The number of ether oxygens (including phenoxy) is 1. The molecule has 2 aromatic rings. The molecule has 1 aliphatic heterocycles. The van der Waals surface area contributed by atoms with E-state index in [0.717, 1.165) is 35.8 Å². The van der Waals surface area contributed by atoms with Crippen molar-refractivity contribution < 1.29 is 4.74 Å². The minimum atomic E-state index is 0.0982. The van der Waals surface area contributed by atoms with Gasteiger partial charge in [-0.15, -0.1) is 0 Å². The summed E-state index contributed by atoms with van der Waals surface area (Å²) in [7, 11) is 0. The summed E-state index contributed by atoms with van der Waals surface area (Å²) in [6.07, 6.45) is 17.5. The molecule has 0 atom stereocenters. The average Bonchev–Trinajstić information content (AvgIpc) is 2.93. The lowest BCUT2D eigenvalue weighted by Crippen LogP contribution is -2.09. The second-order valence-corrected chi connectivity index (χ2v) is 8.63. The molecule has 2 aromatic carbocycles. The molecule has 6 nitrogen and oxygen atoms in total. The van der Waals surface area contributed by atoms with Crippen molar-refractivity contribution in [2.24, 2.45) is 10.2 Å². The fourth-order valence-corrected chi connectivity index (χ4v) is 3.76. The van der Waals surface area contributed by atoms with Crippen molar-refractivity contribution in [1.82, 2.24) is 0 Å². The number of rotatable bonds is 13.